The molecule has 0 fully saturated rings. The molecular weight excluding hydrogens is 256 g/mol. The maximum absolute atomic E-state index is 12.0. The minimum Gasteiger partial charge on any atom is -0.269 e. The Kier molecular flexibility index (Phi) is 2.76. The molecule has 3 aromatic rings. The lowest BCUT2D eigenvalue weighted by molar-refractivity contribution is 0.667. The molecular formula is C13H10N6O. The van der Waals surface area contributed by atoms with Crippen molar-refractivity contribution in [3.8, 4) is 6.07 Å². The molecule has 3 rings (SSSR count). The first kappa shape index (κ1) is 12.0. The summed E-state index contributed by atoms with van der Waals surface area (Å²) < 4.78 is 2.98. The summed E-state index contributed by atoms with van der Waals surface area (Å²) in [4.78, 5) is 20.2. The predicted molar refractivity (Wildman–Crippen MR) is 70.0 cm³/mol. The van der Waals surface area contributed by atoms with E-state index in [0.717, 1.165) is 5.56 Å². The number of hydrogen-bond acceptors (Lipinski definition) is 5. The first-order valence-corrected chi connectivity index (χ1v) is 5.94. The van der Waals surface area contributed by atoms with Gasteiger partial charge in [0.2, 0.25) is 0 Å². The maximum Gasteiger partial charge on any atom is 0.258 e. The van der Waals surface area contributed by atoms with Gasteiger partial charge in [0.1, 0.15) is 18.0 Å². The Bertz CT molecular complexity index is 886. The van der Waals surface area contributed by atoms with Crippen molar-refractivity contribution in [3.05, 3.63) is 58.2 Å². The number of nitriles is 1. The fraction of sp³-hybridized carbons (Fsp3) is 0.154. The van der Waals surface area contributed by atoms with Gasteiger partial charge in [0.15, 0.2) is 0 Å². The lowest BCUT2D eigenvalue weighted by Crippen LogP contribution is -2.17. The van der Waals surface area contributed by atoms with Gasteiger partial charge < -0.3 is 0 Å². The molecule has 7 nitrogen and oxygen atoms in total. The minimum absolute atomic E-state index is 0.0955. The molecule has 0 atom stereocenters. The van der Waals surface area contributed by atoms with Crippen LogP contribution in [0.2, 0.25) is 0 Å². The standard InChI is InChI=1S/C13H10N6O/c1-9-2-3-12-16-10(4-13(20)19(12)6-9)7-18-8-15-11(5-14)17-18/h2-4,6,8H,7H2,1H3. The first-order valence-electron chi connectivity index (χ1n) is 5.94. The molecule has 0 saturated heterocycles. The zero-order valence-electron chi connectivity index (χ0n) is 10.7. The third-order valence-corrected chi connectivity index (χ3v) is 2.82. The van der Waals surface area contributed by atoms with E-state index in [2.05, 4.69) is 15.1 Å². The van der Waals surface area contributed by atoms with Gasteiger partial charge in [-0.1, -0.05) is 6.07 Å². The summed E-state index contributed by atoms with van der Waals surface area (Å²) in [5.74, 6) is 0.0955. The topological polar surface area (TPSA) is 88.9 Å². The van der Waals surface area contributed by atoms with Gasteiger partial charge in [-0.2, -0.15) is 5.26 Å². The third kappa shape index (κ3) is 2.14. The van der Waals surface area contributed by atoms with E-state index >= 15 is 0 Å². The molecule has 3 aromatic heterocycles. The van der Waals surface area contributed by atoms with Crippen LogP contribution < -0.4 is 5.56 Å². The molecule has 7 heteroatoms. The molecule has 0 aliphatic heterocycles. The molecule has 0 aliphatic rings. The van der Waals surface area contributed by atoms with Gasteiger partial charge in [-0.05, 0) is 18.6 Å². The number of rotatable bonds is 2. The fourth-order valence-electron chi connectivity index (χ4n) is 1.93. The summed E-state index contributed by atoms with van der Waals surface area (Å²) in [6.07, 6.45) is 3.19. The normalized spacial score (nSPS) is 10.6. The van der Waals surface area contributed by atoms with Crippen LogP contribution in [0.4, 0.5) is 0 Å². The molecule has 0 bridgehead atoms. The van der Waals surface area contributed by atoms with E-state index in [0.29, 0.717) is 17.9 Å². The quantitative estimate of drug-likeness (QED) is 0.674. The van der Waals surface area contributed by atoms with Crippen LogP contribution in [-0.4, -0.2) is 24.1 Å². The van der Waals surface area contributed by atoms with Crippen LogP contribution in [0.1, 0.15) is 17.1 Å². The van der Waals surface area contributed by atoms with Gasteiger partial charge in [0.05, 0.1) is 12.2 Å². The van der Waals surface area contributed by atoms with Gasteiger partial charge >= 0.3 is 0 Å². The Hall–Kier alpha value is -3.01. The predicted octanol–water partition coefficient (Wildman–Crippen LogP) is 0.514. The Morgan fingerprint density at radius 2 is 2.25 bits per heavy atom. The molecule has 20 heavy (non-hydrogen) atoms. The summed E-state index contributed by atoms with van der Waals surface area (Å²) in [5, 5.41) is 12.6. The second kappa shape index (κ2) is 4.59. The molecule has 0 spiro atoms. The SMILES string of the molecule is Cc1ccc2nc(Cn3cnc(C#N)n3)cc(=O)n2c1. The highest BCUT2D eigenvalue weighted by molar-refractivity contribution is 5.39. The number of aryl methyl sites for hydroxylation is 1. The van der Waals surface area contributed by atoms with Crippen LogP contribution in [-0.2, 0) is 6.54 Å². The maximum atomic E-state index is 12.0. The highest BCUT2D eigenvalue weighted by Crippen LogP contribution is 2.03. The summed E-state index contributed by atoms with van der Waals surface area (Å²) in [6, 6.07) is 7.00. The van der Waals surface area contributed by atoms with Gasteiger partial charge in [-0.25, -0.2) is 14.6 Å². The molecule has 0 amide bonds. The van der Waals surface area contributed by atoms with Crippen molar-refractivity contribution < 1.29 is 0 Å². The molecule has 0 radical (unpaired) electrons. The van der Waals surface area contributed by atoms with E-state index in [1.54, 1.807) is 12.3 Å². The summed E-state index contributed by atoms with van der Waals surface area (Å²) in [7, 11) is 0. The minimum atomic E-state index is -0.144. The molecule has 0 unspecified atom stereocenters. The average molecular weight is 266 g/mol. The zero-order valence-corrected chi connectivity index (χ0v) is 10.7. The number of fused-ring (bicyclic) bond motifs is 1. The molecule has 0 aliphatic carbocycles. The lowest BCUT2D eigenvalue weighted by Gasteiger charge is -2.04. The van der Waals surface area contributed by atoms with Crippen molar-refractivity contribution in [1.29, 1.82) is 5.26 Å². The first-order chi connectivity index (χ1) is 9.65. The van der Waals surface area contributed by atoms with E-state index in [4.69, 9.17) is 5.26 Å². The second-order valence-electron chi connectivity index (χ2n) is 4.40. The smallest absolute Gasteiger partial charge is 0.258 e. The highest BCUT2D eigenvalue weighted by Gasteiger charge is 2.05. The summed E-state index contributed by atoms with van der Waals surface area (Å²) in [6.45, 7) is 2.22. The van der Waals surface area contributed by atoms with Crippen LogP contribution >= 0.6 is 0 Å². The average Bonchev–Trinajstić information content (AvgIpc) is 2.87. The van der Waals surface area contributed by atoms with Crippen molar-refractivity contribution >= 4 is 5.65 Å². The van der Waals surface area contributed by atoms with Crippen LogP contribution in [0.25, 0.3) is 5.65 Å². The molecule has 0 aromatic carbocycles. The largest absolute Gasteiger partial charge is 0.269 e. The van der Waals surface area contributed by atoms with Gasteiger partial charge in [-0.3, -0.25) is 9.20 Å². The van der Waals surface area contributed by atoms with Crippen LogP contribution in [0, 0.1) is 18.3 Å². The van der Waals surface area contributed by atoms with Crippen molar-refractivity contribution in [2.45, 2.75) is 13.5 Å². The third-order valence-electron chi connectivity index (χ3n) is 2.82. The Labute approximate surface area is 113 Å². The van der Waals surface area contributed by atoms with Crippen molar-refractivity contribution in [2.24, 2.45) is 0 Å². The summed E-state index contributed by atoms with van der Waals surface area (Å²) in [5.41, 5.74) is 2.00. The molecule has 0 N–H and O–H groups in total. The van der Waals surface area contributed by atoms with Crippen molar-refractivity contribution in [3.63, 3.8) is 0 Å². The number of aromatic nitrogens is 5. The highest BCUT2D eigenvalue weighted by atomic mass is 16.1. The van der Waals surface area contributed by atoms with E-state index in [-0.39, 0.29) is 11.4 Å². The molecule has 0 saturated carbocycles. The Morgan fingerprint density at radius 3 is 3.00 bits per heavy atom. The monoisotopic (exact) mass is 266 g/mol. The van der Waals surface area contributed by atoms with E-state index in [1.807, 2.05) is 19.1 Å². The van der Waals surface area contributed by atoms with Gasteiger partial charge in [-0.15, -0.1) is 5.10 Å². The van der Waals surface area contributed by atoms with E-state index in [1.165, 1.54) is 21.5 Å². The van der Waals surface area contributed by atoms with Gasteiger partial charge in [0.25, 0.3) is 11.4 Å². The van der Waals surface area contributed by atoms with Crippen LogP contribution in [0.3, 0.4) is 0 Å². The number of nitrogens with zero attached hydrogens (tertiary/aromatic N) is 6. The number of hydrogen-bond donors (Lipinski definition) is 0. The second-order valence-corrected chi connectivity index (χ2v) is 4.40. The Morgan fingerprint density at radius 1 is 1.40 bits per heavy atom. The van der Waals surface area contributed by atoms with Crippen molar-refractivity contribution in [1.82, 2.24) is 24.1 Å². The summed E-state index contributed by atoms with van der Waals surface area (Å²) >= 11 is 0. The molecule has 98 valence electrons. The fourth-order valence-corrected chi connectivity index (χ4v) is 1.93. The van der Waals surface area contributed by atoms with E-state index in [9.17, 15) is 4.79 Å². The zero-order chi connectivity index (χ0) is 14.1. The van der Waals surface area contributed by atoms with E-state index < -0.39 is 0 Å². The lowest BCUT2D eigenvalue weighted by atomic mass is 10.3. The van der Waals surface area contributed by atoms with Gasteiger partial charge in [0, 0.05) is 12.3 Å². The van der Waals surface area contributed by atoms with Crippen molar-refractivity contribution in [2.75, 3.05) is 0 Å². The molecule has 3 heterocycles. The van der Waals surface area contributed by atoms with Crippen LogP contribution in [0.5, 0.6) is 0 Å². The Balaban J connectivity index is 2.03. The number of pyridine rings is 1. The van der Waals surface area contributed by atoms with Crippen LogP contribution in [0.15, 0.2) is 35.5 Å².